The van der Waals surface area contributed by atoms with Crippen LogP contribution in [0, 0.1) is 0 Å². The number of sulfonamides is 1. The highest BCUT2D eigenvalue weighted by atomic mass is 32.2. The molecule has 0 aliphatic rings. The van der Waals surface area contributed by atoms with E-state index in [4.69, 9.17) is 10.2 Å². The van der Waals surface area contributed by atoms with Crippen LogP contribution in [0.15, 0.2) is 47.4 Å². The quantitative estimate of drug-likeness (QED) is 0.849. The van der Waals surface area contributed by atoms with Gasteiger partial charge in [0.15, 0.2) is 0 Å². The lowest BCUT2D eigenvalue weighted by Gasteiger charge is -2.13. The smallest absolute Gasteiger partial charge is 0.335 e. The Kier molecular flexibility index (Phi) is 5.18. The van der Waals surface area contributed by atoms with Gasteiger partial charge in [-0.2, -0.15) is 0 Å². The van der Waals surface area contributed by atoms with Gasteiger partial charge in [-0.25, -0.2) is 18.4 Å². The second kappa shape index (κ2) is 6.93. The molecule has 0 spiro atoms. The van der Waals surface area contributed by atoms with Crippen molar-refractivity contribution < 1.29 is 18.3 Å². The third kappa shape index (κ3) is 3.97. The molecule has 0 bridgehead atoms. The van der Waals surface area contributed by atoms with Crippen molar-refractivity contribution in [2.75, 3.05) is 0 Å². The summed E-state index contributed by atoms with van der Waals surface area (Å²) < 4.78 is 24.1. The predicted molar refractivity (Wildman–Crippen MR) is 88.8 cm³/mol. The molecule has 0 radical (unpaired) electrons. The summed E-state index contributed by atoms with van der Waals surface area (Å²) in [5, 5.41) is 14.4. The maximum atomic E-state index is 12.1. The number of hydrogen-bond acceptors (Lipinski definition) is 3. The monoisotopic (exact) mass is 333 g/mol. The first-order chi connectivity index (χ1) is 10.8. The van der Waals surface area contributed by atoms with E-state index in [0.29, 0.717) is 23.1 Å². The van der Waals surface area contributed by atoms with E-state index in [0.717, 1.165) is 12.8 Å². The number of carbonyl (C=O) groups is 1. The minimum atomic E-state index is -3.89. The van der Waals surface area contributed by atoms with E-state index in [9.17, 15) is 13.2 Å². The van der Waals surface area contributed by atoms with Gasteiger partial charge in [0.2, 0.25) is 10.0 Å². The van der Waals surface area contributed by atoms with Crippen molar-refractivity contribution in [2.45, 2.75) is 31.1 Å². The third-order valence-electron chi connectivity index (χ3n) is 3.62. The summed E-state index contributed by atoms with van der Waals surface area (Å²) in [5.74, 6) is -1.03. The fourth-order valence-electron chi connectivity index (χ4n) is 2.50. The Morgan fingerprint density at radius 3 is 2.30 bits per heavy atom. The van der Waals surface area contributed by atoms with Gasteiger partial charge in [-0.3, -0.25) is 0 Å². The second-order valence-electron chi connectivity index (χ2n) is 5.32. The van der Waals surface area contributed by atoms with Crippen LogP contribution in [0.3, 0.4) is 0 Å². The van der Waals surface area contributed by atoms with E-state index < -0.39 is 16.0 Å². The molecule has 6 heteroatoms. The first kappa shape index (κ1) is 17.2. The number of unbranched alkanes of at least 4 members (excludes halogenated alkanes) is 1. The van der Waals surface area contributed by atoms with Crippen molar-refractivity contribution in [3.05, 3.63) is 53.6 Å². The number of carboxylic acids is 1. The number of aromatic carboxylic acids is 1. The molecule has 0 amide bonds. The zero-order chi connectivity index (χ0) is 17.0. The molecule has 0 unspecified atom stereocenters. The SMILES string of the molecule is CCCCc1cccc(-c2ccc(C(=O)O)cc2)c1S(N)(=O)=O. The summed E-state index contributed by atoms with van der Waals surface area (Å²) in [5.41, 5.74) is 1.96. The Morgan fingerprint density at radius 2 is 1.78 bits per heavy atom. The summed E-state index contributed by atoms with van der Waals surface area (Å²) in [6.45, 7) is 2.03. The lowest BCUT2D eigenvalue weighted by atomic mass is 9.99. The van der Waals surface area contributed by atoms with Gasteiger partial charge < -0.3 is 5.11 Å². The molecule has 0 fully saturated rings. The topological polar surface area (TPSA) is 97.5 Å². The van der Waals surface area contributed by atoms with Gasteiger partial charge in [-0.1, -0.05) is 43.7 Å². The third-order valence-corrected chi connectivity index (χ3v) is 4.67. The minimum Gasteiger partial charge on any atom is -0.478 e. The van der Waals surface area contributed by atoms with Gasteiger partial charge in [-0.15, -0.1) is 0 Å². The second-order valence-corrected chi connectivity index (χ2v) is 6.82. The number of aryl methyl sites for hydroxylation is 1. The molecule has 0 atom stereocenters. The van der Waals surface area contributed by atoms with Crippen LogP contribution in [0.1, 0.15) is 35.7 Å². The maximum Gasteiger partial charge on any atom is 0.335 e. The highest BCUT2D eigenvalue weighted by Crippen LogP contribution is 2.30. The van der Waals surface area contributed by atoms with Crippen molar-refractivity contribution in [2.24, 2.45) is 5.14 Å². The van der Waals surface area contributed by atoms with Crippen molar-refractivity contribution in [3.8, 4) is 11.1 Å². The molecule has 3 N–H and O–H groups in total. The van der Waals surface area contributed by atoms with Crippen LogP contribution < -0.4 is 5.14 Å². The van der Waals surface area contributed by atoms with Gasteiger partial charge in [-0.05, 0) is 36.1 Å². The Balaban J connectivity index is 2.59. The van der Waals surface area contributed by atoms with Crippen LogP contribution in [0.4, 0.5) is 0 Å². The average molecular weight is 333 g/mol. The Morgan fingerprint density at radius 1 is 1.13 bits per heavy atom. The number of rotatable bonds is 6. The fourth-order valence-corrected chi connectivity index (χ4v) is 3.53. The fraction of sp³-hybridized carbons (Fsp3) is 0.235. The first-order valence-corrected chi connectivity index (χ1v) is 8.87. The molecule has 2 aromatic carbocycles. The molecular formula is C17H19NO4S. The molecule has 0 aromatic heterocycles. The van der Waals surface area contributed by atoms with Gasteiger partial charge >= 0.3 is 5.97 Å². The number of carboxylic acid groups (broad SMARTS) is 1. The number of benzene rings is 2. The molecule has 0 saturated carbocycles. The van der Waals surface area contributed by atoms with Crippen molar-refractivity contribution in [1.29, 1.82) is 0 Å². The van der Waals surface area contributed by atoms with Crippen LogP contribution >= 0.6 is 0 Å². The van der Waals surface area contributed by atoms with Crippen LogP contribution in [0.2, 0.25) is 0 Å². The molecule has 2 aromatic rings. The first-order valence-electron chi connectivity index (χ1n) is 7.33. The van der Waals surface area contributed by atoms with E-state index in [1.165, 1.54) is 12.1 Å². The summed E-state index contributed by atoms with van der Waals surface area (Å²) in [6.07, 6.45) is 2.44. The molecule has 2 rings (SSSR count). The minimum absolute atomic E-state index is 0.122. The lowest BCUT2D eigenvalue weighted by molar-refractivity contribution is 0.0697. The average Bonchev–Trinajstić information content (AvgIpc) is 2.51. The molecule has 0 aliphatic heterocycles. The predicted octanol–water partition coefficient (Wildman–Crippen LogP) is 3.04. The highest BCUT2D eigenvalue weighted by molar-refractivity contribution is 7.89. The van der Waals surface area contributed by atoms with E-state index in [-0.39, 0.29) is 10.5 Å². The van der Waals surface area contributed by atoms with Crippen LogP contribution in [0.5, 0.6) is 0 Å². The number of primary sulfonamides is 1. The number of hydrogen-bond donors (Lipinski definition) is 2. The molecule has 122 valence electrons. The van der Waals surface area contributed by atoms with Gasteiger partial charge in [0, 0.05) is 5.56 Å². The van der Waals surface area contributed by atoms with Crippen LogP contribution in [-0.2, 0) is 16.4 Å². The summed E-state index contributed by atoms with van der Waals surface area (Å²) >= 11 is 0. The van der Waals surface area contributed by atoms with E-state index in [2.05, 4.69) is 0 Å². The molecule has 23 heavy (non-hydrogen) atoms. The molecule has 0 saturated heterocycles. The summed E-state index contributed by atoms with van der Waals surface area (Å²) in [7, 11) is -3.89. The molecule has 5 nitrogen and oxygen atoms in total. The maximum absolute atomic E-state index is 12.1. The largest absolute Gasteiger partial charge is 0.478 e. The van der Waals surface area contributed by atoms with E-state index in [1.54, 1.807) is 30.3 Å². The lowest BCUT2D eigenvalue weighted by Crippen LogP contribution is -2.16. The molecular weight excluding hydrogens is 314 g/mol. The van der Waals surface area contributed by atoms with Crippen molar-refractivity contribution in [1.82, 2.24) is 0 Å². The van der Waals surface area contributed by atoms with Gasteiger partial charge in [0.1, 0.15) is 0 Å². The highest BCUT2D eigenvalue weighted by Gasteiger charge is 2.19. The number of nitrogens with two attached hydrogens (primary N) is 1. The standard InChI is InChI=1S/C17H19NO4S/c1-2-3-5-13-6-4-7-15(16(13)23(18,21)22)12-8-10-14(11-9-12)17(19)20/h4,6-11H,2-3,5H2,1H3,(H,19,20)(H2,18,21,22). The van der Waals surface area contributed by atoms with Gasteiger partial charge in [0.05, 0.1) is 10.5 Å². The summed E-state index contributed by atoms with van der Waals surface area (Å²) in [4.78, 5) is 11.1. The molecule has 0 heterocycles. The van der Waals surface area contributed by atoms with Crippen molar-refractivity contribution in [3.63, 3.8) is 0 Å². The van der Waals surface area contributed by atoms with Crippen LogP contribution in [0.25, 0.3) is 11.1 Å². The summed E-state index contributed by atoms with van der Waals surface area (Å²) in [6, 6.07) is 11.3. The van der Waals surface area contributed by atoms with E-state index >= 15 is 0 Å². The van der Waals surface area contributed by atoms with Gasteiger partial charge in [0.25, 0.3) is 0 Å². The Hall–Kier alpha value is -2.18. The normalized spacial score (nSPS) is 11.4. The van der Waals surface area contributed by atoms with Crippen molar-refractivity contribution >= 4 is 16.0 Å². The zero-order valence-corrected chi connectivity index (χ0v) is 13.6. The molecule has 0 aliphatic carbocycles. The Bertz CT molecular complexity index is 811. The Labute approximate surface area is 135 Å². The van der Waals surface area contributed by atoms with E-state index in [1.807, 2.05) is 6.92 Å². The zero-order valence-electron chi connectivity index (χ0n) is 12.8. The van der Waals surface area contributed by atoms with Crippen LogP contribution in [-0.4, -0.2) is 19.5 Å².